The first-order chi connectivity index (χ1) is 33.7. The summed E-state index contributed by atoms with van der Waals surface area (Å²) >= 11 is 0. The Morgan fingerprint density at radius 3 is 1.22 bits per heavy atom. The molecule has 0 unspecified atom stereocenters. The summed E-state index contributed by atoms with van der Waals surface area (Å²) in [6.07, 6.45) is 0. The molecule has 0 spiro atoms. The van der Waals surface area contributed by atoms with Crippen LogP contribution in [0.25, 0.3) is 94.3 Å². The molecule has 0 aliphatic heterocycles. The number of rotatable bonds is 10. The Labute approximate surface area is 397 Å². The third kappa shape index (κ3) is 7.74. The second-order valence-electron chi connectivity index (χ2n) is 17.3. The van der Waals surface area contributed by atoms with Gasteiger partial charge >= 0.3 is 0 Å². The van der Waals surface area contributed by atoms with Crippen molar-refractivity contribution in [3.05, 3.63) is 279 Å². The summed E-state index contributed by atoms with van der Waals surface area (Å²) in [4.78, 5) is 2.39. The fourth-order valence-corrected chi connectivity index (χ4v) is 9.90. The minimum Gasteiger partial charge on any atom is -0.310 e. The molecular formula is C66H46N2. The highest BCUT2D eigenvalue weighted by Gasteiger charge is 2.18. The molecule has 320 valence electrons. The number of nitrogens with zero attached hydrogens (tertiary/aromatic N) is 2. The van der Waals surface area contributed by atoms with Crippen molar-refractivity contribution >= 4 is 38.9 Å². The SMILES string of the molecule is c1ccc(-c2cc(-c3ccccc3)cc(-c3ccc(N(c4cccc(-c5ccccc5)c4)c4cccc(-c5cccc(-c6cccc7c6c6ccccc6n7-c6ccccc6)c5)c4)cc3)c2)cc1. The van der Waals surface area contributed by atoms with Gasteiger partial charge in [0.05, 0.1) is 11.0 Å². The van der Waals surface area contributed by atoms with E-state index in [0.29, 0.717) is 0 Å². The number of anilines is 3. The van der Waals surface area contributed by atoms with E-state index in [9.17, 15) is 0 Å². The maximum absolute atomic E-state index is 2.39. The smallest absolute Gasteiger partial charge is 0.0547 e. The Bertz CT molecular complexity index is 3650. The molecule has 0 saturated heterocycles. The second kappa shape index (κ2) is 17.8. The third-order valence-electron chi connectivity index (χ3n) is 13.1. The summed E-state index contributed by atoms with van der Waals surface area (Å²) < 4.78 is 2.39. The van der Waals surface area contributed by atoms with E-state index < -0.39 is 0 Å². The van der Waals surface area contributed by atoms with Gasteiger partial charge < -0.3 is 9.47 Å². The molecule has 1 heterocycles. The van der Waals surface area contributed by atoms with Crippen LogP contribution in [-0.4, -0.2) is 4.57 Å². The standard InChI is InChI=1S/C66H46N2/c1-5-19-47(20-6-1)52-26-16-31-60(45-52)67(59-39-37-50(38-40-59)57-43-55(48-21-7-2-8-22-48)42-56(44-57)49-23-9-3-10-24-49)61-32-17-27-53(46-61)51-25-15-28-54(41-51)62-34-18-36-65-66(62)63-33-13-14-35-64(63)68(65)58-29-11-4-12-30-58/h1-46H. The van der Waals surface area contributed by atoms with Crippen LogP contribution in [0.2, 0.25) is 0 Å². The Kier molecular flexibility index (Phi) is 10.6. The molecule has 1 aromatic heterocycles. The van der Waals surface area contributed by atoms with Crippen LogP contribution < -0.4 is 4.90 Å². The van der Waals surface area contributed by atoms with Crippen LogP contribution in [0.1, 0.15) is 0 Å². The highest BCUT2D eigenvalue weighted by molar-refractivity contribution is 6.16. The first-order valence-corrected chi connectivity index (χ1v) is 23.3. The Balaban J connectivity index is 0.957. The number of aromatic nitrogens is 1. The molecule has 0 bridgehead atoms. The molecule has 0 aliphatic rings. The highest BCUT2D eigenvalue weighted by Crippen LogP contribution is 2.42. The Hall–Kier alpha value is -8.98. The summed E-state index contributed by atoms with van der Waals surface area (Å²) in [7, 11) is 0. The van der Waals surface area contributed by atoms with Gasteiger partial charge in [0.2, 0.25) is 0 Å². The van der Waals surface area contributed by atoms with Crippen molar-refractivity contribution in [1.29, 1.82) is 0 Å². The molecule has 0 fully saturated rings. The number of benzene rings is 11. The van der Waals surface area contributed by atoms with E-state index in [2.05, 4.69) is 289 Å². The zero-order valence-electron chi connectivity index (χ0n) is 37.5. The zero-order valence-corrected chi connectivity index (χ0v) is 37.5. The van der Waals surface area contributed by atoms with Gasteiger partial charge in [0.25, 0.3) is 0 Å². The van der Waals surface area contributed by atoms with Crippen LogP contribution in [0.3, 0.4) is 0 Å². The van der Waals surface area contributed by atoms with E-state index in [1.54, 1.807) is 0 Å². The van der Waals surface area contributed by atoms with Crippen molar-refractivity contribution in [2.45, 2.75) is 0 Å². The van der Waals surface area contributed by atoms with Gasteiger partial charge in [-0.1, -0.05) is 194 Å². The van der Waals surface area contributed by atoms with Crippen LogP contribution in [0.4, 0.5) is 17.1 Å². The van der Waals surface area contributed by atoms with E-state index in [-0.39, 0.29) is 0 Å². The van der Waals surface area contributed by atoms with Gasteiger partial charge in [-0.3, -0.25) is 0 Å². The number of hydrogen-bond donors (Lipinski definition) is 0. The molecule has 2 heteroatoms. The summed E-state index contributed by atoms with van der Waals surface area (Å²) in [6.45, 7) is 0. The molecule has 0 N–H and O–H groups in total. The van der Waals surface area contributed by atoms with Crippen molar-refractivity contribution in [2.75, 3.05) is 4.90 Å². The fourth-order valence-electron chi connectivity index (χ4n) is 9.90. The van der Waals surface area contributed by atoms with Crippen molar-refractivity contribution in [2.24, 2.45) is 0 Å². The van der Waals surface area contributed by atoms with E-state index in [4.69, 9.17) is 0 Å². The van der Waals surface area contributed by atoms with Crippen molar-refractivity contribution in [1.82, 2.24) is 4.57 Å². The predicted octanol–water partition coefficient (Wildman–Crippen LogP) is 18.3. The van der Waals surface area contributed by atoms with Gasteiger partial charge in [-0.25, -0.2) is 0 Å². The number of hydrogen-bond acceptors (Lipinski definition) is 1. The van der Waals surface area contributed by atoms with Gasteiger partial charge in [-0.15, -0.1) is 0 Å². The molecule has 12 aromatic rings. The van der Waals surface area contributed by atoms with Crippen LogP contribution >= 0.6 is 0 Å². The molecule has 0 aliphatic carbocycles. The van der Waals surface area contributed by atoms with E-state index >= 15 is 0 Å². The molecule has 12 rings (SSSR count). The largest absolute Gasteiger partial charge is 0.310 e. The van der Waals surface area contributed by atoms with Crippen molar-refractivity contribution in [3.8, 4) is 72.4 Å². The lowest BCUT2D eigenvalue weighted by Crippen LogP contribution is -2.10. The normalized spacial score (nSPS) is 11.2. The molecule has 0 radical (unpaired) electrons. The average molecular weight is 867 g/mol. The van der Waals surface area contributed by atoms with Crippen LogP contribution in [-0.2, 0) is 0 Å². The number of fused-ring (bicyclic) bond motifs is 3. The van der Waals surface area contributed by atoms with E-state index in [1.807, 2.05) is 0 Å². The maximum atomic E-state index is 2.39. The first kappa shape index (κ1) is 40.5. The number of para-hydroxylation sites is 2. The lowest BCUT2D eigenvalue weighted by atomic mass is 9.93. The van der Waals surface area contributed by atoms with Gasteiger partial charge in [0.1, 0.15) is 0 Å². The van der Waals surface area contributed by atoms with Crippen LogP contribution in [0.5, 0.6) is 0 Å². The van der Waals surface area contributed by atoms with Gasteiger partial charge in [-0.05, 0) is 152 Å². The Morgan fingerprint density at radius 1 is 0.235 bits per heavy atom. The zero-order chi connectivity index (χ0) is 45.2. The predicted molar refractivity (Wildman–Crippen MR) is 288 cm³/mol. The topological polar surface area (TPSA) is 8.17 Å². The second-order valence-corrected chi connectivity index (χ2v) is 17.3. The first-order valence-electron chi connectivity index (χ1n) is 23.3. The van der Waals surface area contributed by atoms with Gasteiger partial charge in [0.15, 0.2) is 0 Å². The van der Waals surface area contributed by atoms with Crippen LogP contribution in [0.15, 0.2) is 279 Å². The van der Waals surface area contributed by atoms with E-state index in [1.165, 1.54) is 71.9 Å². The lowest BCUT2D eigenvalue weighted by molar-refractivity contribution is 1.18. The molecule has 11 aromatic carbocycles. The monoisotopic (exact) mass is 866 g/mol. The average Bonchev–Trinajstić information content (AvgIpc) is 3.77. The molecule has 0 saturated carbocycles. The van der Waals surface area contributed by atoms with Gasteiger partial charge in [0, 0.05) is 33.5 Å². The quantitative estimate of drug-likeness (QED) is 0.133. The summed E-state index contributed by atoms with van der Waals surface area (Å²) in [6, 6.07) is 101. The summed E-state index contributed by atoms with van der Waals surface area (Å²) in [5.74, 6) is 0. The minimum absolute atomic E-state index is 1.08. The van der Waals surface area contributed by atoms with Crippen molar-refractivity contribution < 1.29 is 0 Å². The molecule has 0 amide bonds. The summed E-state index contributed by atoms with van der Waals surface area (Å²) in [5, 5.41) is 2.50. The molecule has 2 nitrogen and oxygen atoms in total. The minimum atomic E-state index is 1.08. The summed E-state index contributed by atoms with van der Waals surface area (Å²) in [5.41, 5.74) is 21.0. The molecule has 0 atom stereocenters. The van der Waals surface area contributed by atoms with Gasteiger partial charge in [-0.2, -0.15) is 0 Å². The third-order valence-corrected chi connectivity index (χ3v) is 13.1. The molecular weight excluding hydrogens is 821 g/mol. The molecule has 68 heavy (non-hydrogen) atoms. The van der Waals surface area contributed by atoms with E-state index in [0.717, 1.165) is 39.4 Å². The van der Waals surface area contributed by atoms with Crippen LogP contribution in [0, 0.1) is 0 Å². The fraction of sp³-hybridized carbons (Fsp3) is 0. The maximum Gasteiger partial charge on any atom is 0.0547 e. The highest BCUT2D eigenvalue weighted by atomic mass is 15.1. The lowest BCUT2D eigenvalue weighted by Gasteiger charge is -2.27. The Morgan fingerprint density at radius 2 is 0.632 bits per heavy atom. The van der Waals surface area contributed by atoms with Crippen molar-refractivity contribution in [3.63, 3.8) is 0 Å².